The van der Waals surface area contributed by atoms with E-state index in [2.05, 4.69) is 29.4 Å². The van der Waals surface area contributed by atoms with E-state index >= 15 is 0 Å². The zero-order valence-corrected chi connectivity index (χ0v) is 19.7. The molecule has 4 rings (SSSR count). The Morgan fingerprint density at radius 1 is 1.00 bits per heavy atom. The molecule has 3 nitrogen and oxygen atoms in total. The fraction of sp³-hybridized carbons (Fsp3) is 0.333. The molecule has 0 aliphatic heterocycles. The number of nitrogens with zero attached hydrogens (tertiary/aromatic N) is 1. The average molecular weight is 467 g/mol. The molecule has 0 bridgehead atoms. The molecule has 5 heteroatoms. The largest absolute Gasteiger partial charge is 0.352 e. The normalized spacial score (nSPS) is 17.0. The van der Waals surface area contributed by atoms with Gasteiger partial charge in [-0.15, -0.1) is 0 Å². The quantitative estimate of drug-likeness (QED) is 0.419. The third kappa shape index (κ3) is 5.00. The molecule has 1 aromatic heterocycles. The van der Waals surface area contributed by atoms with Crippen LogP contribution >= 0.6 is 23.2 Å². The molecule has 1 amide bonds. The van der Waals surface area contributed by atoms with Gasteiger partial charge in [-0.1, -0.05) is 66.4 Å². The van der Waals surface area contributed by atoms with Crippen molar-refractivity contribution >= 4 is 29.1 Å². The Labute approximate surface area is 200 Å². The van der Waals surface area contributed by atoms with Gasteiger partial charge in [-0.3, -0.25) is 9.78 Å². The van der Waals surface area contributed by atoms with E-state index in [0.717, 1.165) is 48.3 Å². The fourth-order valence-corrected chi connectivity index (χ4v) is 5.14. The van der Waals surface area contributed by atoms with Crippen molar-refractivity contribution in [2.24, 2.45) is 0 Å². The van der Waals surface area contributed by atoms with E-state index in [0.29, 0.717) is 5.02 Å². The molecule has 32 heavy (non-hydrogen) atoms. The highest BCUT2D eigenvalue weighted by molar-refractivity contribution is 6.30. The minimum absolute atomic E-state index is 0.0616. The molecule has 1 heterocycles. The van der Waals surface area contributed by atoms with Gasteiger partial charge in [-0.25, -0.2) is 0 Å². The monoisotopic (exact) mass is 466 g/mol. The molecule has 0 radical (unpaired) electrons. The van der Waals surface area contributed by atoms with Crippen molar-refractivity contribution < 1.29 is 4.79 Å². The van der Waals surface area contributed by atoms with Crippen LogP contribution < -0.4 is 5.32 Å². The number of carbonyl (C=O) groups is 1. The molecular formula is C27H28Cl2N2O. The number of hydrogen-bond donors (Lipinski definition) is 1. The maximum atomic E-state index is 13.7. The Bertz CT molecular complexity index is 1030. The predicted molar refractivity (Wildman–Crippen MR) is 131 cm³/mol. The van der Waals surface area contributed by atoms with Crippen molar-refractivity contribution in [3.05, 3.63) is 99.8 Å². The molecule has 166 valence electrons. The van der Waals surface area contributed by atoms with Crippen LogP contribution in [-0.2, 0) is 16.6 Å². The number of hydrogen-bond acceptors (Lipinski definition) is 2. The third-order valence-corrected chi connectivity index (χ3v) is 7.24. The van der Waals surface area contributed by atoms with Crippen LogP contribution in [0.5, 0.6) is 0 Å². The molecule has 1 aliphatic rings. The van der Waals surface area contributed by atoms with E-state index in [-0.39, 0.29) is 17.9 Å². The van der Waals surface area contributed by atoms with Gasteiger partial charge in [0.25, 0.3) is 0 Å². The van der Waals surface area contributed by atoms with Crippen LogP contribution in [-0.4, -0.2) is 16.9 Å². The number of rotatable bonds is 7. The molecule has 0 saturated heterocycles. The second-order valence-electron chi connectivity index (χ2n) is 8.78. The first-order valence-corrected chi connectivity index (χ1v) is 11.9. The second-order valence-corrected chi connectivity index (χ2v) is 9.65. The summed E-state index contributed by atoms with van der Waals surface area (Å²) in [6, 6.07) is 19.7. The highest BCUT2D eigenvalue weighted by Crippen LogP contribution is 2.41. The predicted octanol–water partition coefficient (Wildman–Crippen LogP) is 6.73. The number of halogens is 2. The summed E-state index contributed by atoms with van der Waals surface area (Å²) in [5.74, 6) is 0.204. The Morgan fingerprint density at radius 3 is 2.22 bits per heavy atom. The highest BCUT2D eigenvalue weighted by atomic mass is 35.5. The van der Waals surface area contributed by atoms with Crippen LogP contribution in [0, 0.1) is 0 Å². The molecule has 0 unspecified atom stereocenters. The smallest absolute Gasteiger partial charge is 0.230 e. The zero-order chi connectivity index (χ0) is 22.6. The molecule has 1 N–H and O–H groups in total. The van der Waals surface area contributed by atoms with Crippen molar-refractivity contribution in [2.75, 3.05) is 0 Å². The van der Waals surface area contributed by atoms with Crippen LogP contribution in [0.15, 0.2) is 73.1 Å². The first-order valence-electron chi connectivity index (χ1n) is 11.2. The fourth-order valence-electron chi connectivity index (χ4n) is 4.88. The van der Waals surface area contributed by atoms with Gasteiger partial charge in [-0.05, 0) is 73.2 Å². The Hall–Kier alpha value is -2.36. The maximum absolute atomic E-state index is 13.7. The number of amides is 1. The van der Waals surface area contributed by atoms with Gasteiger partial charge in [0.1, 0.15) is 0 Å². The minimum Gasteiger partial charge on any atom is -0.352 e. The summed E-state index contributed by atoms with van der Waals surface area (Å²) >= 11 is 12.2. The van der Waals surface area contributed by atoms with Gasteiger partial charge in [0.2, 0.25) is 5.91 Å². The lowest BCUT2D eigenvalue weighted by Crippen LogP contribution is -2.48. The SMILES string of the molecule is C[C@@H](NC(=O)C1(c2cccnc2)CCCC1)[C@H](Cc1ccc(Cl)cc1)c1ccc(Cl)cc1. The van der Waals surface area contributed by atoms with Crippen molar-refractivity contribution in [2.45, 2.75) is 56.4 Å². The summed E-state index contributed by atoms with van der Waals surface area (Å²) in [7, 11) is 0. The van der Waals surface area contributed by atoms with Crippen molar-refractivity contribution in [1.29, 1.82) is 0 Å². The summed E-state index contributed by atoms with van der Waals surface area (Å²) in [6.45, 7) is 2.10. The molecule has 2 aromatic carbocycles. The number of pyridine rings is 1. The standard InChI is InChI=1S/C27H28Cl2N2O/c1-19(31-26(32)27(14-2-3-15-27)22-5-4-16-30-18-22)25(21-8-12-24(29)13-9-21)17-20-6-10-23(28)11-7-20/h4-13,16,18-19,25H,2-3,14-15,17H2,1H3,(H,31,32)/t19-,25+/m1/s1. The lowest BCUT2D eigenvalue weighted by atomic mass is 9.78. The molecule has 0 spiro atoms. The lowest BCUT2D eigenvalue weighted by Gasteiger charge is -2.32. The molecule has 1 saturated carbocycles. The summed E-state index contributed by atoms with van der Waals surface area (Å²) in [6.07, 6.45) is 8.24. The van der Waals surface area contributed by atoms with E-state index < -0.39 is 5.41 Å². The van der Waals surface area contributed by atoms with Crippen LogP contribution in [0.1, 0.15) is 55.2 Å². The van der Waals surface area contributed by atoms with Crippen molar-refractivity contribution in [3.8, 4) is 0 Å². The summed E-state index contributed by atoms with van der Waals surface area (Å²) in [4.78, 5) is 18.0. The van der Waals surface area contributed by atoms with Crippen LogP contribution in [0.25, 0.3) is 0 Å². The summed E-state index contributed by atoms with van der Waals surface area (Å²) < 4.78 is 0. The van der Waals surface area contributed by atoms with Gasteiger partial charge >= 0.3 is 0 Å². The third-order valence-electron chi connectivity index (χ3n) is 6.74. The number of benzene rings is 2. The maximum Gasteiger partial charge on any atom is 0.230 e. The van der Waals surface area contributed by atoms with E-state index in [1.54, 1.807) is 6.20 Å². The second kappa shape index (κ2) is 10.1. The van der Waals surface area contributed by atoms with Gasteiger partial charge in [0, 0.05) is 34.4 Å². The Morgan fingerprint density at radius 2 is 1.62 bits per heavy atom. The number of aromatic nitrogens is 1. The lowest BCUT2D eigenvalue weighted by molar-refractivity contribution is -0.127. The zero-order valence-electron chi connectivity index (χ0n) is 18.2. The van der Waals surface area contributed by atoms with Crippen LogP contribution in [0.3, 0.4) is 0 Å². The van der Waals surface area contributed by atoms with Gasteiger partial charge in [-0.2, -0.15) is 0 Å². The molecule has 1 fully saturated rings. The summed E-state index contributed by atoms with van der Waals surface area (Å²) in [5, 5.41) is 4.81. The molecule has 2 atom stereocenters. The molecular weight excluding hydrogens is 439 g/mol. The van der Waals surface area contributed by atoms with Crippen molar-refractivity contribution in [3.63, 3.8) is 0 Å². The van der Waals surface area contributed by atoms with Crippen LogP contribution in [0.4, 0.5) is 0 Å². The van der Waals surface area contributed by atoms with Gasteiger partial charge in [0.05, 0.1) is 5.41 Å². The first kappa shape index (κ1) is 22.8. The Balaban J connectivity index is 1.60. The van der Waals surface area contributed by atoms with Gasteiger partial charge in [0.15, 0.2) is 0 Å². The number of carbonyl (C=O) groups excluding carboxylic acids is 1. The molecule has 3 aromatic rings. The first-order chi connectivity index (χ1) is 15.5. The minimum atomic E-state index is -0.493. The average Bonchev–Trinajstić information content (AvgIpc) is 3.31. The topological polar surface area (TPSA) is 42.0 Å². The van der Waals surface area contributed by atoms with Crippen molar-refractivity contribution in [1.82, 2.24) is 10.3 Å². The van der Waals surface area contributed by atoms with E-state index in [4.69, 9.17) is 23.2 Å². The van der Waals surface area contributed by atoms with E-state index in [1.807, 2.05) is 54.7 Å². The molecule has 1 aliphatic carbocycles. The summed E-state index contributed by atoms with van der Waals surface area (Å²) in [5.41, 5.74) is 2.85. The van der Waals surface area contributed by atoms with E-state index in [1.165, 1.54) is 5.56 Å². The van der Waals surface area contributed by atoms with Gasteiger partial charge < -0.3 is 5.32 Å². The Kier molecular flexibility index (Phi) is 7.17. The number of nitrogens with one attached hydrogen (secondary N) is 1. The van der Waals surface area contributed by atoms with E-state index in [9.17, 15) is 4.79 Å². The van der Waals surface area contributed by atoms with Crippen LogP contribution in [0.2, 0.25) is 10.0 Å². The highest BCUT2D eigenvalue weighted by Gasteiger charge is 2.43.